The highest BCUT2D eigenvalue weighted by molar-refractivity contribution is 5.33. The predicted molar refractivity (Wildman–Crippen MR) is 59.9 cm³/mol. The summed E-state index contributed by atoms with van der Waals surface area (Å²) in [6, 6.07) is 0. The monoisotopic (exact) mass is 241 g/mol. The molecule has 0 amide bonds. The van der Waals surface area contributed by atoms with Gasteiger partial charge in [0.2, 0.25) is 0 Å². The minimum Gasteiger partial charge on any atom is -0.381 e. The lowest BCUT2D eigenvalue weighted by Gasteiger charge is -2.34. The van der Waals surface area contributed by atoms with Crippen LogP contribution < -0.4 is 5.73 Å². The zero-order valence-electron chi connectivity index (χ0n) is 9.99. The number of nitrogen functional groups attached to an aromatic ring is 1. The van der Waals surface area contributed by atoms with Crippen LogP contribution in [0.25, 0.3) is 0 Å². The van der Waals surface area contributed by atoms with Gasteiger partial charge >= 0.3 is 0 Å². The van der Waals surface area contributed by atoms with E-state index >= 15 is 0 Å². The molecule has 1 aliphatic heterocycles. The van der Waals surface area contributed by atoms with E-state index < -0.39 is 11.4 Å². The first-order valence-electron chi connectivity index (χ1n) is 5.52. The van der Waals surface area contributed by atoms with Gasteiger partial charge in [0.1, 0.15) is 5.60 Å². The molecule has 1 aliphatic rings. The van der Waals surface area contributed by atoms with Gasteiger partial charge in [-0.3, -0.25) is 0 Å². The number of hydrogen-bond donors (Lipinski definition) is 1. The molecule has 17 heavy (non-hydrogen) atoms. The molecule has 94 valence electrons. The molecule has 0 aromatic carbocycles. The fraction of sp³-hybridized carbons (Fsp3) is 0.636. The van der Waals surface area contributed by atoms with E-state index in [9.17, 15) is 4.39 Å². The lowest BCUT2D eigenvalue weighted by molar-refractivity contribution is -0.100. The molecule has 0 radical (unpaired) electrons. The third-order valence-electron chi connectivity index (χ3n) is 3.14. The summed E-state index contributed by atoms with van der Waals surface area (Å²) in [5.41, 5.74) is 5.17. The number of ether oxygens (including phenoxy) is 2. The Labute approximate surface area is 99.2 Å². The van der Waals surface area contributed by atoms with Crippen molar-refractivity contribution in [1.29, 1.82) is 0 Å². The van der Waals surface area contributed by atoms with E-state index in [2.05, 4.69) is 9.97 Å². The number of anilines is 1. The second kappa shape index (κ2) is 4.54. The third kappa shape index (κ3) is 2.10. The highest BCUT2D eigenvalue weighted by atomic mass is 19.1. The molecule has 0 bridgehead atoms. The molecule has 2 rings (SSSR count). The van der Waals surface area contributed by atoms with Crippen LogP contribution in [0.4, 0.5) is 10.2 Å². The van der Waals surface area contributed by atoms with Crippen LogP contribution in [0.15, 0.2) is 0 Å². The number of hydrogen-bond acceptors (Lipinski definition) is 5. The highest BCUT2D eigenvalue weighted by Gasteiger charge is 2.38. The normalized spacial score (nSPS) is 19.2. The standard InChI is InChI=1S/C11H16FN3O2/c1-7-8(12)9(13)15-10(14-7)11(16-2)3-5-17-6-4-11/h3-6H2,1-2H3,(H2,13,14,15). The minimum atomic E-state index is -0.606. The molecule has 1 aromatic heterocycles. The molecule has 0 spiro atoms. The van der Waals surface area contributed by atoms with Gasteiger partial charge in [-0.1, -0.05) is 0 Å². The number of rotatable bonds is 2. The van der Waals surface area contributed by atoms with Crippen molar-refractivity contribution in [3.05, 3.63) is 17.3 Å². The molecule has 1 aromatic rings. The van der Waals surface area contributed by atoms with Crippen molar-refractivity contribution in [3.8, 4) is 0 Å². The SMILES string of the molecule is COC1(c2nc(C)c(F)c(N)n2)CCOCC1. The number of nitrogens with two attached hydrogens (primary N) is 1. The van der Waals surface area contributed by atoms with Crippen molar-refractivity contribution in [3.63, 3.8) is 0 Å². The van der Waals surface area contributed by atoms with Gasteiger partial charge in [-0.15, -0.1) is 0 Å². The Bertz CT molecular complexity index is 396. The van der Waals surface area contributed by atoms with Crippen molar-refractivity contribution in [2.24, 2.45) is 0 Å². The molecule has 2 N–H and O–H groups in total. The molecule has 0 atom stereocenters. The quantitative estimate of drug-likeness (QED) is 0.841. The van der Waals surface area contributed by atoms with Crippen LogP contribution in [0.1, 0.15) is 24.4 Å². The first-order valence-corrected chi connectivity index (χ1v) is 5.52. The molecule has 1 fully saturated rings. The Balaban J connectivity index is 2.43. The van der Waals surface area contributed by atoms with E-state index in [0.717, 1.165) is 0 Å². The van der Waals surface area contributed by atoms with Crippen molar-refractivity contribution >= 4 is 5.82 Å². The van der Waals surface area contributed by atoms with Gasteiger partial charge < -0.3 is 15.2 Å². The van der Waals surface area contributed by atoms with Crippen LogP contribution in [-0.4, -0.2) is 30.3 Å². The molecule has 0 saturated carbocycles. The lowest BCUT2D eigenvalue weighted by Crippen LogP contribution is -2.37. The van der Waals surface area contributed by atoms with Gasteiger partial charge in [0.05, 0.1) is 5.69 Å². The zero-order valence-corrected chi connectivity index (χ0v) is 9.99. The zero-order chi connectivity index (χ0) is 12.5. The number of aromatic nitrogens is 2. The van der Waals surface area contributed by atoms with Gasteiger partial charge in [-0.2, -0.15) is 0 Å². The Morgan fingerprint density at radius 3 is 2.53 bits per heavy atom. The molecule has 2 heterocycles. The van der Waals surface area contributed by atoms with E-state index in [4.69, 9.17) is 15.2 Å². The predicted octanol–water partition coefficient (Wildman–Crippen LogP) is 1.16. The van der Waals surface area contributed by atoms with Gasteiger partial charge in [-0.05, 0) is 6.92 Å². The first-order chi connectivity index (χ1) is 8.09. The maximum absolute atomic E-state index is 13.4. The molecule has 5 nitrogen and oxygen atoms in total. The van der Waals surface area contributed by atoms with Gasteiger partial charge in [0.25, 0.3) is 0 Å². The lowest BCUT2D eigenvalue weighted by atomic mass is 9.93. The topological polar surface area (TPSA) is 70.3 Å². The van der Waals surface area contributed by atoms with Crippen LogP contribution in [0.2, 0.25) is 0 Å². The highest BCUT2D eigenvalue weighted by Crippen LogP contribution is 2.34. The summed E-state index contributed by atoms with van der Waals surface area (Å²) < 4.78 is 24.2. The summed E-state index contributed by atoms with van der Waals surface area (Å²) in [6.45, 7) is 2.72. The Morgan fingerprint density at radius 2 is 2.00 bits per heavy atom. The van der Waals surface area contributed by atoms with Crippen LogP contribution in [-0.2, 0) is 15.1 Å². The van der Waals surface area contributed by atoms with Crippen LogP contribution in [0.3, 0.4) is 0 Å². The Hall–Kier alpha value is -1.27. The summed E-state index contributed by atoms with van der Waals surface area (Å²) in [5, 5.41) is 0. The average Bonchev–Trinajstić information content (AvgIpc) is 2.36. The van der Waals surface area contributed by atoms with Crippen LogP contribution >= 0.6 is 0 Å². The number of halogens is 1. The summed E-state index contributed by atoms with van der Waals surface area (Å²) in [7, 11) is 1.60. The van der Waals surface area contributed by atoms with Gasteiger partial charge in [0, 0.05) is 33.2 Å². The molecular weight excluding hydrogens is 225 g/mol. The number of aryl methyl sites for hydroxylation is 1. The summed E-state index contributed by atoms with van der Waals surface area (Å²) in [4.78, 5) is 8.16. The largest absolute Gasteiger partial charge is 0.381 e. The first kappa shape index (κ1) is 12.2. The van der Waals surface area contributed by atoms with E-state index in [1.165, 1.54) is 0 Å². The van der Waals surface area contributed by atoms with Crippen molar-refractivity contribution < 1.29 is 13.9 Å². The molecule has 0 unspecified atom stereocenters. The fourth-order valence-electron chi connectivity index (χ4n) is 2.01. The van der Waals surface area contributed by atoms with E-state index in [0.29, 0.717) is 31.9 Å². The summed E-state index contributed by atoms with van der Waals surface area (Å²) in [5.74, 6) is -0.248. The smallest absolute Gasteiger partial charge is 0.186 e. The maximum Gasteiger partial charge on any atom is 0.186 e. The molecule has 0 aliphatic carbocycles. The average molecular weight is 241 g/mol. The van der Waals surface area contributed by atoms with E-state index in [1.54, 1.807) is 14.0 Å². The summed E-state index contributed by atoms with van der Waals surface area (Å²) >= 11 is 0. The second-order valence-electron chi connectivity index (χ2n) is 4.14. The molecule has 6 heteroatoms. The maximum atomic E-state index is 13.4. The van der Waals surface area contributed by atoms with Crippen molar-refractivity contribution in [1.82, 2.24) is 9.97 Å². The third-order valence-corrected chi connectivity index (χ3v) is 3.14. The fourth-order valence-corrected chi connectivity index (χ4v) is 2.01. The minimum absolute atomic E-state index is 0.129. The summed E-state index contributed by atoms with van der Waals surface area (Å²) in [6.07, 6.45) is 1.29. The van der Waals surface area contributed by atoms with Gasteiger partial charge in [-0.25, -0.2) is 14.4 Å². The Morgan fingerprint density at radius 1 is 1.35 bits per heavy atom. The number of nitrogens with zero attached hydrogens (tertiary/aromatic N) is 2. The van der Waals surface area contributed by atoms with Crippen LogP contribution in [0, 0.1) is 12.7 Å². The molecular formula is C11H16FN3O2. The van der Waals surface area contributed by atoms with Crippen molar-refractivity contribution in [2.45, 2.75) is 25.4 Å². The van der Waals surface area contributed by atoms with Crippen LogP contribution in [0.5, 0.6) is 0 Å². The van der Waals surface area contributed by atoms with E-state index in [1.807, 2.05) is 0 Å². The van der Waals surface area contributed by atoms with E-state index in [-0.39, 0.29) is 11.5 Å². The Kier molecular flexibility index (Phi) is 3.26. The molecule has 1 saturated heterocycles. The van der Waals surface area contributed by atoms with Crippen molar-refractivity contribution in [2.75, 3.05) is 26.1 Å². The second-order valence-corrected chi connectivity index (χ2v) is 4.14. The van der Waals surface area contributed by atoms with Gasteiger partial charge in [0.15, 0.2) is 17.5 Å². The number of methoxy groups -OCH3 is 1.